The number of benzene rings is 1. The van der Waals surface area contributed by atoms with Crippen LogP contribution in [0.5, 0.6) is 5.75 Å². The first-order chi connectivity index (χ1) is 9.78. The Morgan fingerprint density at radius 2 is 1.95 bits per heavy atom. The summed E-state index contributed by atoms with van der Waals surface area (Å²) >= 11 is 0. The van der Waals surface area contributed by atoms with Gasteiger partial charge in [0.1, 0.15) is 5.75 Å². The van der Waals surface area contributed by atoms with Crippen molar-refractivity contribution < 1.29 is 4.74 Å². The summed E-state index contributed by atoms with van der Waals surface area (Å²) in [7, 11) is 3.63. The van der Waals surface area contributed by atoms with Gasteiger partial charge in [0.2, 0.25) is 0 Å². The summed E-state index contributed by atoms with van der Waals surface area (Å²) in [6.07, 6.45) is 2.31. The summed E-state index contributed by atoms with van der Waals surface area (Å²) in [6, 6.07) is 10.3. The van der Waals surface area contributed by atoms with E-state index in [-0.39, 0.29) is 12.4 Å². The predicted molar refractivity (Wildman–Crippen MR) is 89.1 cm³/mol. The molecule has 0 aliphatic rings. The molecule has 0 spiro atoms. The van der Waals surface area contributed by atoms with Gasteiger partial charge >= 0.3 is 0 Å². The van der Waals surface area contributed by atoms with Crippen molar-refractivity contribution in [2.45, 2.75) is 32.9 Å². The first-order valence-electron chi connectivity index (χ1n) is 7.14. The maximum absolute atomic E-state index is 5.21. The van der Waals surface area contributed by atoms with Crippen molar-refractivity contribution in [1.29, 1.82) is 0 Å². The number of nitrogens with one attached hydrogen (secondary N) is 1. The molecule has 0 saturated heterocycles. The van der Waals surface area contributed by atoms with Crippen LogP contribution in [-0.4, -0.2) is 23.9 Å². The van der Waals surface area contributed by atoms with Crippen LogP contribution in [0.2, 0.25) is 0 Å². The van der Waals surface area contributed by atoms with Gasteiger partial charge in [-0.1, -0.05) is 13.3 Å². The first kappa shape index (κ1) is 17.5. The highest BCUT2D eigenvalue weighted by atomic mass is 35.5. The number of aryl methyl sites for hydroxylation is 1. The van der Waals surface area contributed by atoms with Crippen LogP contribution >= 0.6 is 12.4 Å². The topological polar surface area (TPSA) is 39.1 Å². The van der Waals surface area contributed by atoms with E-state index in [1.807, 2.05) is 19.2 Å². The summed E-state index contributed by atoms with van der Waals surface area (Å²) in [4.78, 5) is 0. The van der Waals surface area contributed by atoms with Gasteiger partial charge in [-0.2, -0.15) is 5.10 Å². The molecule has 0 fully saturated rings. The lowest BCUT2D eigenvalue weighted by Crippen LogP contribution is -2.07. The molecule has 0 radical (unpaired) electrons. The number of rotatable bonds is 7. The molecule has 0 aliphatic heterocycles. The number of hydrogen-bond acceptors (Lipinski definition) is 3. The molecular weight excluding hydrogens is 286 g/mol. The molecule has 1 N–H and O–H groups in total. The zero-order valence-corrected chi connectivity index (χ0v) is 13.7. The van der Waals surface area contributed by atoms with E-state index in [0.717, 1.165) is 31.0 Å². The van der Waals surface area contributed by atoms with E-state index in [2.05, 4.69) is 40.2 Å². The summed E-state index contributed by atoms with van der Waals surface area (Å²) in [5, 5.41) is 7.83. The van der Waals surface area contributed by atoms with Crippen LogP contribution in [0.4, 0.5) is 0 Å². The number of nitrogens with zero attached hydrogens (tertiary/aromatic N) is 2. The third-order valence-electron chi connectivity index (χ3n) is 3.30. The molecule has 1 aromatic carbocycles. The van der Waals surface area contributed by atoms with Gasteiger partial charge in [0.15, 0.2) is 0 Å². The Kier molecular flexibility index (Phi) is 7.26. The zero-order chi connectivity index (χ0) is 14.4. The average Bonchev–Trinajstić information content (AvgIpc) is 2.88. The fourth-order valence-electron chi connectivity index (χ4n) is 2.21. The Hall–Kier alpha value is -1.52. The van der Waals surface area contributed by atoms with Crippen molar-refractivity contribution in [2.24, 2.45) is 0 Å². The number of unbranched alkanes of at least 4 members (excludes halogenated alkanes) is 1. The molecule has 0 atom stereocenters. The maximum Gasteiger partial charge on any atom is 0.118 e. The standard InChI is InChI=1S/C16H23N3O.ClH/c1-4-5-10-19-16(11-14(18-19)12-17-2)13-6-8-15(20-3)9-7-13;/h6-9,11,17H,4-5,10,12H2,1-3H3;1H. The molecule has 21 heavy (non-hydrogen) atoms. The van der Waals surface area contributed by atoms with Crippen molar-refractivity contribution in [3.05, 3.63) is 36.0 Å². The molecule has 1 heterocycles. The Morgan fingerprint density at radius 3 is 2.52 bits per heavy atom. The molecular formula is C16H24ClN3O. The van der Waals surface area contributed by atoms with Crippen molar-refractivity contribution in [2.75, 3.05) is 14.2 Å². The minimum atomic E-state index is 0. The zero-order valence-electron chi connectivity index (χ0n) is 12.9. The van der Waals surface area contributed by atoms with E-state index < -0.39 is 0 Å². The maximum atomic E-state index is 5.21. The van der Waals surface area contributed by atoms with Crippen LogP contribution in [0.15, 0.2) is 30.3 Å². The minimum Gasteiger partial charge on any atom is -0.497 e. The largest absolute Gasteiger partial charge is 0.497 e. The van der Waals surface area contributed by atoms with E-state index in [1.54, 1.807) is 7.11 Å². The monoisotopic (exact) mass is 309 g/mol. The molecule has 0 amide bonds. The second-order valence-corrected chi connectivity index (χ2v) is 4.86. The van der Waals surface area contributed by atoms with E-state index in [1.165, 1.54) is 17.7 Å². The number of methoxy groups -OCH3 is 1. The lowest BCUT2D eigenvalue weighted by atomic mass is 10.1. The second kappa shape index (κ2) is 8.70. The highest BCUT2D eigenvalue weighted by molar-refractivity contribution is 5.85. The molecule has 0 unspecified atom stereocenters. The average molecular weight is 310 g/mol. The van der Waals surface area contributed by atoms with Crippen molar-refractivity contribution in [1.82, 2.24) is 15.1 Å². The Balaban J connectivity index is 0.00000220. The Labute approximate surface area is 132 Å². The second-order valence-electron chi connectivity index (χ2n) is 4.86. The Bertz CT molecular complexity index is 537. The lowest BCUT2D eigenvalue weighted by Gasteiger charge is -2.07. The van der Waals surface area contributed by atoms with Gasteiger partial charge in [-0.15, -0.1) is 12.4 Å². The molecule has 2 rings (SSSR count). The van der Waals surface area contributed by atoms with E-state index in [0.29, 0.717) is 0 Å². The fraction of sp³-hybridized carbons (Fsp3) is 0.438. The summed E-state index contributed by atoms with van der Waals surface area (Å²) in [5.74, 6) is 0.879. The van der Waals surface area contributed by atoms with Gasteiger partial charge in [-0.05, 0) is 43.8 Å². The van der Waals surface area contributed by atoms with Gasteiger partial charge < -0.3 is 10.1 Å². The summed E-state index contributed by atoms with van der Waals surface area (Å²) < 4.78 is 7.32. The smallest absolute Gasteiger partial charge is 0.118 e. The Morgan fingerprint density at radius 1 is 1.24 bits per heavy atom. The van der Waals surface area contributed by atoms with Gasteiger partial charge in [0.25, 0.3) is 0 Å². The van der Waals surface area contributed by atoms with Crippen LogP contribution in [0.1, 0.15) is 25.5 Å². The molecule has 2 aromatic rings. The molecule has 0 saturated carbocycles. The number of ether oxygens (including phenoxy) is 1. The van der Waals surface area contributed by atoms with Gasteiger partial charge in [0, 0.05) is 18.7 Å². The van der Waals surface area contributed by atoms with Crippen LogP contribution in [0.25, 0.3) is 11.3 Å². The normalized spacial score (nSPS) is 10.2. The van der Waals surface area contributed by atoms with Crippen molar-refractivity contribution in [3.63, 3.8) is 0 Å². The molecule has 116 valence electrons. The fourth-order valence-corrected chi connectivity index (χ4v) is 2.21. The van der Waals surface area contributed by atoms with Crippen LogP contribution in [0.3, 0.4) is 0 Å². The third kappa shape index (κ3) is 4.48. The molecule has 0 bridgehead atoms. The minimum absolute atomic E-state index is 0. The molecule has 0 aliphatic carbocycles. The quantitative estimate of drug-likeness (QED) is 0.851. The van der Waals surface area contributed by atoms with E-state index in [9.17, 15) is 0 Å². The number of halogens is 1. The summed E-state index contributed by atoms with van der Waals surface area (Å²) in [6.45, 7) is 3.95. The van der Waals surface area contributed by atoms with E-state index in [4.69, 9.17) is 4.74 Å². The highest BCUT2D eigenvalue weighted by Gasteiger charge is 2.09. The van der Waals surface area contributed by atoms with Gasteiger partial charge in [0.05, 0.1) is 18.5 Å². The highest BCUT2D eigenvalue weighted by Crippen LogP contribution is 2.23. The van der Waals surface area contributed by atoms with Crippen LogP contribution < -0.4 is 10.1 Å². The molecule has 4 nitrogen and oxygen atoms in total. The third-order valence-corrected chi connectivity index (χ3v) is 3.30. The molecule has 1 aromatic heterocycles. The van der Waals surface area contributed by atoms with Crippen molar-refractivity contribution >= 4 is 12.4 Å². The first-order valence-corrected chi connectivity index (χ1v) is 7.14. The predicted octanol–water partition coefficient (Wildman–Crippen LogP) is 3.50. The lowest BCUT2D eigenvalue weighted by molar-refractivity contribution is 0.415. The van der Waals surface area contributed by atoms with Crippen LogP contribution in [0, 0.1) is 0 Å². The number of aromatic nitrogens is 2. The SMILES string of the molecule is CCCCn1nc(CNC)cc1-c1ccc(OC)cc1.Cl. The number of hydrogen-bond donors (Lipinski definition) is 1. The summed E-state index contributed by atoms with van der Waals surface area (Å²) in [5.41, 5.74) is 3.43. The van der Waals surface area contributed by atoms with Crippen LogP contribution in [-0.2, 0) is 13.1 Å². The van der Waals surface area contributed by atoms with Gasteiger partial charge in [-0.3, -0.25) is 4.68 Å². The molecule has 5 heteroatoms. The van der Waals surface area contributed by atoms with Crippen molar-refractivity contribution in [3.8, 4) is 17.0 Å². The van der Waals surface area contributed by atoms with Gasteiger partial charge in [-0.25, -0.2) is 0 Å². The van der Waals surface area contributed by atoms with E-state index >= 15 is 0 Å².